The maximum absolute atomic E-state index is 12.2. The number of rotatable bonds is 6. The zero-order valence-corrected chi connectivity index (χ0v) is 12.9. The van der Waals surface area contributed by atoms with Crippen molar-refractivity contribution in [3.05, 3.63) is 47.5 Å². The first-order chi connectivity index (χ1) is 10.6. The molecule has 0 saturated carbocycles. The Balaban J connectivity index is 1.99. The smallest absolute Gasteiger partial charge is 0.326 e. The summed E-state index contributed by atoms with van der Waals surface area (Å²) in [5.41, 5.74) is 2.56. The van der Waals surface area contributed by atoms with Crippen molar-refractivity contribution < 1.29 is 14.7 Å². The molecule has 4 nitrogen and oxygen atoms in total. The Kier molecular flexibility index (Phi) is 5.75. The van der Waals surface area contributed by atoms with Gasteiger partial charge in [0.25, 0.3) is 0 Å². The number of hydrogen-bond donors (Lipinski definition) is 2. The predicted molar refractivity (Wildman–Crippen MR) is 85.7 cm³/mol. The molecule has 2 rings (SSSR count). The second-order valence-electron chi connectivity index (χ2n) is 5.76. The summed E-state index contributed by atoms with van der Waals surface area (Å²) in [4.78, 5) is 23.4. The molecule has 0 saturated heterocycles. The van der Waals surface area contributed by atoms with E-state index in [9.17, 15) is 9.59 Å². The van der Waals surface area contributed by atoms with E-state index in [2.05, 4.69) is 17.4 Å². The summed E-state index contributed by atoms with van der Waals surface area (Å²) in [6, 6.07) is 7.38. The summed E-state index contributed by atoms with van der Waals surface area (Å²) in [7, 11) is 0. The highest BCUT2D eigenvalue weighted by molar-refractivity contribution is 5.84. The van der Waals surface area contributed by atoms with Crippen molar-refractivity contribution in [3.63, 3.8) is 0 Å². The van der Waals surface area contributed by atoms with Crippen LogP contribution >= 0.6 is 0 Å². The van der Waals surface area contributed by atoms with E-state index >= 15 is 0 Å². The molecule has 4 heteroatoms. The van der Waals surface area contributed by atoms with E-state index in [1.165, 1.54) is 11.1 Å². The Morgan fingerprint density at radius 3 is 2.91 bits per heavy atom. The van der Waals surface area contributed by atoms with Gasteiger partial charge in [0.05, 0.1) is 0 Å². The third-order valence-corrected chi connectivity index (χ3v) is 4.17. The number of carbonyl (C=O) groups is 2. The minimum absolute atomic E-state index is 0.182. The zero-order chi connectivity index (χ0) is 15.9. The van der Waals surface area contributed by atoms with Gasteiger partial charge in [-0.25, -0.2) is 4.79 Å². The molecular formula is C18H23NO3. The molecule has 2 atom stereocenters. The molecule has 0 spiro atoms. The van der Waals surface area contributed by atoms with Gasteiger partial charge < -0.3 is 10.4 Å². The molecule has 0 heterocycles. The van der Waals surface area contributed by atoms with Crippen LogP contribution < -0.4 is 5.32 Å². The maximum atomic E-state index is 12.2. The van der Waals surface area contributed by atoms with Crippen LogP contribution in [0, 0.1) is 0 Å². The van der Waals surface area contributed by atoms with E-state index in [0.717, 1.165) is 19.3 Å². The van der Waals surface area contributed by atoms with Gasteiger partial charge in [0.1, 0.15) is 6.04 Å². The highest BCUT2D eigenvalue weighted by Gasteiger charge is 2.24. The number of fused-ring (bicyclic) bond motifs is 1. The molecule has 1 aromatic carbocycles. The largest absolute Gasteiger partial charge is 0.480 e. The van der Waals surface area contributed by atoms with E-state index in [1.807, 2.05) is 19.1 Å². The number of nitrogens with one attached hydrogen (secondary N) is 1. The van der Waals surface area contributed by atoms with Crippen molar-refractivity contribution in [2.75, 3.05) is 0 Å². The Morgan fingerprint density at radius 1 is 1.41 bits per heavy atom. The Labute approximate surface area is 131 Å². The number of aliphatic carboxylic acids is 1. The average Bonchev–Trinajstić information content (AvgIpc) is 2.51. The number of allylic oxidation sites excluding steroid dienone is 1. The van der Waals surface area contributed by atoms with Crippen LogP contribution in [0.5, 0.6) is 0 Å². The molecule has 0 radical (unpaired) electrons. The van der Waals surface area contributed by atoms with E-state index in [1.54, 1.807) is 12.2 Å². The third-order valence-electron chi connectivity index (χ3n) is 4.17. The maximum Gasteiger partial charge on any atom is 0.326 e. The van der Waals surface area contributed by atoms with Gasteiger partial charge in [-0.15, -0.1) is 0 Å². The summed E-state index contributed by atoms with van der Waals surface area (Å²) in [6.45, 7) is 1.83. The number of amides is 1. The molecule has 1 aliphatic rings. The predicted octanol–water partition coefficient (Wildman–Crippen LogP) is 3.03. The lowest BCUT2D eigenvalue weighted by Gasteiger charge is -2.25. The summed E-state index contributed by atoms with van der Waals surface area (Å²) in [6.07, 6.45) is 7.35. The van der Waals surface area contributed by atoms with Gasteiger partial charge in [-0.3, -0.25) is 4.79 Å². The second kappa shape index (κ2) is 7.78. The Morgan fingerprint density at radius 2 is 2.18 bits per heavy atom. The summed E-state index contributed by atoms with van der Waals surface area (Å²) in [5, 5.41) is 11.8. The van der Waals surface area contributed by atoms with Crippen molar-refractivity contribution in [2.45, 2.75) is 51.0 Å². The number of aryl methyl sites for hydroxylation is 1. The van der Waals surface area contributed by atoms with Gasteiger partial charge in [0.2, 0.25) is 5.91 Å². The van der Waals surface area contributed by atoms with Crippen LogP contribution in [-0.2, 0) is 16.0 Å². The lowest BCUT2D eigenvalue weighted by atomic mass is 9.81. The van der Waals surface area contributed by atoms with Gasteiger partial charge >= 0.3 is 5.97 Å². The Hall–Kier alpha value is -2.10. The lowest BCUT2D eigenvalue weighted by molar-refractivity contribution is -0.141. The van der Waals surface area contributed by atoms with Crippen molar-refractivity contribution in [1.82, 2.24) is 5.32 Å². The second-order valence-corrected chi connectivity index (χ2v) is 5.76. The molecular weight excluding hydrogens is 278 g/mol. The van der Waals surface area contributed by atoms with Crippen LogP contribution in [0.4, 0.5) is 0 Å². The molecule has 0 bridgehead atoms. The first-order valence-corrected chi connectivity index (χ1v) is 7.83. The zero-order valence-electron chi connectivity index (χ0n) is 12.9. The molecule has 0 aliphatic heterocycles. The minimum Gasteiger partial charge on any atom is -0.480 e. The van der Waals surface area contributed by atoms with E-state index in [0.29, 0.717) is 12.8 Å². The van der Waals surface area contributed by atoms with Crippen LogP contribution in [0.25, 0.3) is 0 Å². The number of hydrogen-bond acceptors (Lipinski definition) is 2. The quantitative estimate of drug-likeness (QED) is 0.794. The number of carboxylic acids is 1. The van der Waals surface area contributed by atoms with Crippen LogP contribution in [0.2, 0.25) is 0 Å². The SMILES string of the molecule is C/C=C/CC(NC(=O)CC1CCCc2ccccc21)C(=O)O. The van der Waals surface area contributed by atoms with Crippen molar-refractivity contribution in [1.29, 1.82) is 0 Å². The van der Waals surface area contributed by atoms with Crippen LogP contribution in [0.1, 0.15) is 49.7 Å². The lowest BCUT2D eigenvalue weighted by Crippen LogP contribution is -2.41. The summed E-state index contributed by atoms with van der Waals surface area (Å²) >= 11 is 0. The summed E-state index contributed by atoms with van der Waals surface area (Å²) < 4.78 is 0. The van der Waals surface area contributed by atoms with Crippen LogP contribution in [-0.4, -0.2) is 23.0 Å². The van der Waals surface area contributed by atoms with Gasteiger partial charge in [0.15, 0.2) is 0 Å². The number of carbonyl (C=O) groups excluding carboxylic acids is 1. The fourth-order valence-electron chi connectivity index (χ4n) is 3.04. The molecule has 1 aliphatic carbocycles. The molecule has 0 fully saturated rings. The van der Waals surface area contributed by atoms with Crippen molar-refractivity contribution in [2.24, 2.45) is 0 Å². The number of benzene rings is 1. The topological polar surface area (TPSA) is 66.4 Å². The highest BCUT2D eigenvalue weighted by atomic mass is 16.4. The third kappa shape index (κ3) is 4.20. The molecule has 118 valence electrons. The van der Waals surface area contributed by atoms with Crippen LogP contribution in [0.3, 0.4) is 0 Å². The molecule has 1 amide bonds. The highest BCUT2D eigenvalue weighted by Crippen LogP contribution is 2.33. The van der Waals surface area contributed by atoms with E-state index < -0.39 is 12.0 Å². The molecule has 2 N–H and O–H groups in total. The number of carboxylic acid groups (broad SMARTS) is 1. The first-order valence-electron chi connectivity index (χ1n) is 7.83. The molecule has 0 aromatic heterocycles. The molecule has 1 aromatic rings. The van der Waals surface area contributed by atoms with Gasteiger partial charge in [-0.2, -0.15) is 0 Å². The normalized spacial score (nSPS) is 18.7. The monoisotopic (exact) mass is 301 g/mol. The van der Waals surface area contributed by atoms with Gasteiger partial charge in [-0.1, -0.05) is 36.4 Å². The van der Waals surface area contributed by atoms with E-state index in [-0.39, 0.29) is 11.8 Å². The van der Waals surface area contributed by atoms with Gasteiger partial charge in [-0.05, 0) is 49.7 Å². The van der Waals surface area contributed by atoms with E-state index in [4.69, 9.17) is 5.11 Å². The van der Waals surface area contributed by atoms with Crippen molar-refractivity contribution >= 4 is 11.9 Å². The fourth-order valence-corrected chi connectivity index (χ4v) is 3.04. The minimum atomic E-state index is -0.990. The summed E-state index contributed by atoms with van der Waals surface area (Å²) in [5.74, 6) is -0.977. The van der Waals surface area contributed by atoms with Crippen molar-refractivity contribution in [3.8, 4) is 0 Å². The molecule has 22 heavy (non-hydrogen) atoms. The van der Waals surface area contributed by atoms with Gasteiger partial charge in [0, 0.05) is 6.42 Å². The fraction of sp³-hybridized carbons (Fsp3) is 0.444. The Bertz CT molecular complexity index is 565. The standard InChI is InChI=1S/C18H23NO3/c1-2-3-11-16(18(21)22)19-17(20)12-14-9-6-8-13-7-4-5-10-15(13)14/h2-5,7,10,14,16H,6,8-9,11-12H2,1H3,(H,19,20)(H,21,22)/b3-2+. The molecule has 2 unspecified atom stereocenters. The average molecular weight is 301 g/mol. The first kappa shape index (κ1) is 16.3. The van der Waals surface area contributed by atoms with Crippen LogP contribution in [0.15, 0.2) is 36.4 Å².